The van der Waals surface area contributed by atoms with Gasteiger partial charge in [-0.3, -0.25) is 4.79 Å². The van der Waals surface area contributed by atoms with E-state index in [1.807, 2.05) is 0 Å². The van der Waals surface area contributed by atoms with E-state index in [0.717, 1.165) is 0 Å². The van der Waals surface area contributed by atoms with Crippen LogP contribution in [0.1, 0.15) is 11.5 Å². The summed E-state index contributed by atoms with van der Waals surface area (Å²) in [5.41, 5.74) is 5.76. The number of nitrogens with zero attached hydrogens (tertiary/aromatic N) is 1. The first-order valence-electron chi connectivity index (χ1n) is 3.70. The molecule has 1 aromatic rings. The van der Waals surface area contributed by atoms with E-state index in [2.05, 4.69) is 4.98 Å². The van der Waals surface area contributed by atoms with Crippen molar-refractivity contribution in [2.24, 2.45) is 5.73 Å². The first-order chi connectivity index (χ1) is 6.16. The third-order valence-electron chi connectivity index (χ3n) is 1.70. The molecule has 5 heteroatoms. The highest BCUT2D eigenvalue weighted by molar-refractivity contribution is 6.30. The van der Waals surface area contributed by atoms with Gasteiger partial charge >= 0.3 is 5.97 Å². The van der Waals surface area contributed by atoms with Crippen LogP contribution in [0.15, 0.2) is 18.3 Å². The molecule has 0 aliphatic heterocycles. The average Bonchev–Trinajstić information content (AvgIpc) is 2.09. The molecular formula is C8H9ClN2O2. The Morgan fingerprint density at radius 2 is 2.46 bits per heavy atom. The number of carbonyl (C=O) groups is 1. The quantitative estimate of drug-likeness (QED) is 0.710. The van der Waals surface area contributed by atoms with Crippen LogP contribution in [0.4, 0.5) is 0 Å². The molecule has 13 heavy (non-hydrogen) atoms. The lowest BCUT2D eigenvalue weighted by molar-refractivity contribution is -0.138. The predicted molar refractivity (Wildman–Crippen MR) is 48.7 cm³/mol. The van der Waals surface area contributed by atoms with Gasteiger partial charge in [0.1, 0.15) is 5.15 Å². The van der Waals surface area contributed by atoms with Crippen LogP contribution in [0, 0.1) is 0 Å². The Kier molecular flexibility index (Phi) is 3.22. The van der Waals surface area contributed by atoms with E-state index in [4.69, 9.17) is 22.4 Å². The van der Waals surface area contributed by atoms with Crippen LogP contribution in [0.5, 0.6) is 0 Å². The summed E-state index contributed by atoms with van der Waals surface area (Å²) in [6.45, 7) is 0.0146. The van der Waals surface area contributed by atoms with Crippen LogP contribution >= 0.6 is 11.6 Å². The molecule has 0 aromatic carbocycles. The number of aliphatic carboxylic acids is 1. The molecule has 4 nitrogen and oxygen atoms in total. The summed E-state index contributed by atoms with van der Waals surface area (Å²) in [7, 11) is 0. The van der Waals surface area contributed by atoms with Crippen molar-refractivity contribution in [3.05, 3.63) is 29.0 Å². The van der Waals surface area contributed by atoms with Gasteiger partial charge in [-0.25, -0.2) is 4.98 Å². The number of rotatable bonds is 3. The van der Waals surface area contributed by atoms with Gasteiger partial charge in [-0.2, -0.15) is 0 Å². The Bertz CT molecular complexity index is 317. The van der Waals surface area contributed by atoms with Crippen molar-refractivity contribution >= 4 is 17.6 Å². The van der Waals surface area contributed by atoms with Crippen LogP contribution in [-0.4, -0.2) is 22.6 Å². The smallest absolute Gasteiger partial charge is 0.312 e. The summed E-state index contributed by atoms with van der Waals surface area (Å²) in [5.74, 6) is -1.77. The molecular weight excluding hydrogens is 192 g/mol. The normalized spacial score (nSPS) is 12.5. The third kappa shape index (κ3) is 2.17. The second-order valence-electron chi connectivity index (χ2n) is 2.51. The maximum absolute atomic E-state index is 10.7. The lowest BCUT2D eigenvalue weighted by Crippen LogP contribution is -2.21. The molecule has 1 atom stereocenters. The SMILES string of the molecule is NCC(C(=O)O)c1cccnc1Cl. The fraction of sp³-hybridized carbons (Fsp3) is 0.250. The number of carboxylic acid groups (broad SMARTS) is 1. The lowest BCUT2D eigenvalue weighted by Gasteiger charge is -2.10. The van der Waals surface area contributed by atoms with Crippen molar-refractivity contribution in [3.8, 4) is 0 Å². The highest BCUT2D eigenvalue weighted by Crippen LogP contribution is 2.21. The monoisotopic (exact) mass is 200 g/mol. The fourth-order valence-corrected chi connectivity index (χ4v) is 1.27. The Labute approximate surface area is 80.3 Å². The Morgan fingerprint density at radius 1 is 1.77 bits per heavy atom. The molecule has 0 fully saturated rings. The van der Waals surface area contributed by atoms with E-state index < -0.39 is 11.9 Å². The van der Waals surface area contributed by atoms with E-state index in [1.54, 1.807) is 12.1 Å². The van der Waals surface area contributed by atoms with Crippen molar-refractivity contribution in [2.45, 2.75) is 5.92 Å². The van der Waals surface area contributed by atoms with E-state index in [0.29, 0.717) is 5.56 Å². The number of pyridine rings is 1. The van der Waals surface area contributed by atoms with E-state index in [1.165, 1.54) is 6.20 Å². The summed E-state index contributed by atoms with van der Waals surface area (Å²) in [4.78, 5) is 14.5. The van der Waals surface area contributed by atoms with Crippen LogP contribution in [0.25, 0.3) is 0 Å². The molecule has 1 rings (SSSR count). The molecule has 1 unspecified atom stereocenters. The third-order valence-corrected chi connectivity index (χ3v) is 2.01. The van der Waals surface area contributed by atoms with Crippen molar-refractivity contribution in [1.82, 2.24) is 4.98 Å². The highest BCUT2D eigenvalue weighted by atomic mass is 35.5. The summed E-state index contributed by atoms with van der Waals surface area (Å²) in [6.07, 6.45) is 1.50. The minimum absolute atomic E-state index is 0.0146. The molecule has 1 heterocycles. The Balaban J connectivity index is 3.04. The Hall–Kier alpha value is -1.13. The van der Waals surface area contributed by atoms with Crippen molar-refractivity contribution in [1.29, 1.82) is 0 Å². The average molecular weight is 201 g/mol. The number of aromatic nitrogens is 1. The molecule has 1 aromatic heterocycles. The first-order valence-corrected chi connectivity index (χ1v) is 4.08. The van der Waals surface area contributed by atoms with Gasteiger partial charge in [0.2, 0.25) is 0 Å². The van der Waals surface area contributed by atoms with Gasteiger partial charge in [-0.05, 0) is 6.07 Å². The van der Waals surface area contributed by atoms with Gasteiger partial charge in [-0.15, -0.1) is 0 Å². The summed E-state index contributed by atoms with van der Waals surface area (Å²) in [5, 5.41) is 8.98. The van der Waals surface area contributed by atoms with E-state index in [9.17, 15) is 4.79 Å². The minimum Gasteiger partial charge on any atom is -0.481 e. The first kappa shape index (κ1) is 9.95. The van der Waals surface area contributed by atoms with Gasteiger partial charge < -0.3 is 10.8 Å². The standard InChI is InChI=1S/C8H9ClN2O2/c9-7-5(2-1-3-11-7)6(4-10)8(12)13/h1-3,6H,4,10H2,(H,12,13). The fourth-order valence-electron chi connectivity index (χ4n) is 1.02. The predicted octanol–water partition coefficient (Wildman–Crippen LogP) is 0.862. The van der Waals surface area contributed by atoms with Crippen LogP contribution < -0.4 is 5.73 Å². The summed E-state index contributed by atoms with van der Waals surface area (Å²) < 4.78 is 0. The second-order valence-corrected chi connectivity index (χ2v) is 2.87. The molecule has 0 radical (unpaired) electrons. The zero-order valence-electron chi connectivity index (χ0n) is 6.77. The molecule has 0 saturated heterocycles. The molecule has 0 aliphatic rings. The second kappa shape index (κ2) is 4.20. The van der Waals surface area contributed by atoms with Crippen molar-refractivity contribution in [2.75, 3.05) is 6.54 Å². The topological polar surface area (TPSA) is 76.2 Å². The summed E-state index contributed by atoms with van der Waals surface area (Å²) >= 11 is 5.71. The number of carboxylic acids is 1. The molecule has 3 N–H and O–H groups in total. The lowest BCUT2D eigenvalue weighted by atomic mass is 10.0. The van der Waals surface area contributed by atoms with Crippen molar-refractivity contribution in [3.63, 3.8) is 0 Å². The number of halogens is 1. The van der Waals surface area contributed by atoms with E-state index in [-0.39, 0.29) is 11.7 Å². The van der Waals surface area contributed by atoms with Gasteiger partial charge in [0, 0.05) is 18.3 Å². The zero-order chi connectivity index (χ0) is 9.84. The molecule has 70 valence electrons. The molecule has 0 spiro atoms. The van der Waals surface area contributed by atoms with E-state index >= 15 is 0 Å². The minimum atomic E-state index is -0.989. The molecule has 0 amide bonds. The summed E-state index contributed by atoms with van der Waals surface area (Å²) in [6, 6.07) is 3.24. The van der Waals surface area contributed by atoms with Gasteiger partial charge in [0.05, 0.1) is 5.92 Å². The maximum atomic E-state index is 10.7. The van der Waals surface area contributed by atoms with Crippen LogP contribution in [0.3, 0.4) is 0 Å². The highest BCUT2D eigenvalue weighted by Gasteiger charge is 2.20. The van der Waals surface area contributed by atoms with Gasteiger partial charge in [-0.1, -0.05) is 17.7 Å². The van der Waals surface area contributed by atoms with Crippen LogP contribution in [-0.2, 0) is 4.79 Å². The molecule has 0 aliphatic carbocycles. The molecule has 0 bridgehead atoms. The Morgan fingerprint density at radius 3 is 2.92 bits per heavy atom. The van der Waals surface area contributed by atoms with Gasteiger partial charge in [0.15, 0.2) is 0 Å². The van der Waals surface area contributed by atoms with Crippen molar-refractivity contribution < 1.29 is 9.90 Å². The maximum Gasteiger partial charge on any atom is 0.312 e. The molecule has 0 saturated carbocycles. The zero-order valence-corrected chi connectivity index (χ0v) is 7.53. The number of hydrogen-bond donors (Lipinski definition) is 2. The number of nitrogens with two attached hydrogens (primary N) is 1. The number of hydrogen-bond acceptors (Lipinski definition) is 3. The van der Waals surface area contributed by atoms with Gasteiger partial charge in [0.25, 0.3) is 0 Å². The van der Waals surface area contributed by atoms with Crippen LogP contribution in [0.2, 0.25) is 5.15 Å². The largest absolute Gasteiger partial charge is 0.481 e.